The van der Waals surface area contributed by atoms with Gasteiger partial charge in [-0.2, -0.15) is 0 Å². The largest absolute Gasteiger partial charge is 0.378 e. The van der Waals surface area contributed by atoms with Gasteiger partial charge in [0.15, 0.2) is 5.16 Å². The number of hydrogen-bond donors (Lipinski definition) is 1. The van der Waals surface area contributed by atoms with E-state index in [9.17, 15) is 4.79 Å². The fourth-order valence-corrected chi connectivity index (χ4v) is 4.38. The van der Waals surface area contributed by atoms with Gasteiger partial charge in [0.25, 0.3) is 0 Å². The van der Waals surface area contributed by atoms with Crippen LogP contribution < -0.4 is 10.2 Å². The lowest BCUT2D eigenvalue weighted by atomic mass is 10.1. The summed E-state index contributed by atoms with van der Waals surface area (Å²) in [4.78, 5) is 14.7. The van der Waals surface area contributed by atoms with Crippen LogP contribution in [0.4, 0.5) is 11.4 Å². The number of carbonyl (C=O) groups excluding carboxylic acids is 1. The molecule has 0 saturated carbocycles. The summed E-state index contributed by atoms with van der Waals surface area (Å²) in [6.07, 6.45) is 0.726. The smallest absolute Gasteiger partial charge is 0.234 e. The van der Waals surface area contributed by atoms with Gasteiger partial charge in [0, 0.05) is 37.4 Å². The average Bonchev–Trinajstić information content (AvgIpc) is 3.21. The van der Waals surface area contributed by atoms with E-state index in [0.717, 1.165) is 61.6 Å². The predicted molar refractivity (Wildman–Crippen MR) is 124 cm³/mol. The third kappa shape index (κ3) is 5.65. The van der Waals surface area contributed by atoms with Gasteiger partial charge >= 0.3 is 0 Å². The number of benzene rings is 2. The molecule has 1 amide bonds. The Morgan fingerprint density at radius 2 is 1.81 bits per heavy atom. The summed E-state index contributed by atoms with van der Waals surface area (Å²) >= 11 is 1.41. The average molecular weight is 438 g/mol. The van der Waals surface area contributed by atoms with Crippen molar-refractivity contribution in [2.24, 2.45) is 0 Å². The van der Waals surface area contributed by atoms with Crippen molar-refractivity contribution in [1.82, 2.24) is 14.8 Å². The molecule has 0 atom stereocenters. The van der Waals surface area contributed by atoms with E-state index in [0.29, 0.717) is 0 Å². The molecule has 0 radical (unpaired) electrons. The van der Waals surface area contributed by atoms with Crippen molar-refractivity contribution in [3.05, 3.63) is 66.0 Å². The number of amides is 1. The van der Waals surface area contributed by atoms with Crippen molar-refractivity contribution < 1.29 is 9.53 Å². The summed E-state index contributed by atoms with van der Waals surface area (Å²) in [5.74, 6) is 1.14. The minimum Gasteiger partial charge on any atom is -0.378 e. The van der Waals surface area contributed by atoms with Crippen LogP contribution in [0.25, 0.3) is 0 Å². The van der Waals surface area contributed by atoms with E-state index >= 15 is 0 Å². The molecule has 8 heteroatoms. The first kappa shape index (κ1) is 21.4. The van der Waals surface area contributed by atoms with Crippen molar-refractivity contribution in [3.63, 3.8) is 0 Å². The molecule has 1 saturated heterocycles. The monoisotopic (exact) mass is 437 g/mol. The lowest BCUT2D eigenvalue weighted by molar-refractivity contribution is -0.113. The molecule has 0 bridgehead atoms. The first-order chi connectivity index (χ1) is 15.2. The van der Waals surface area contributed by atoms with Gasteiger partial charge in [-0.25, -0.2) is 0 Å². The van der Waals surface area contributed by atoms with E-state index in [1.54, 1.807) is 0 Å². The van der Waals surface area contributed by atoms with Crippen LogP contribution in [0.1, 0.15) is 18.3 Å². The molecule has 1 fully saturated rings. The number of morpholine rings is 1. The highest BCUT2D eigenvalue weighted by Crippen LogP contribution is 2.21. The molecular formula is C23H27N5O2S. The molecule has 7 nitrogen and oxygen atoms in total. The topological polar surface area (TPSA) is 72.3 Å². The fraction of sp³-hybridized carbons (Fsp3) is 0.348. The van der Waals surface area contributed by atoms with Crippen LogP contribution in [0.15, 0.2) is 59.8 Å². The quantitative estimate of drug-likeness (QED) is 0.544. The van der Waals surface area contributed by atoms with Crippen molar-refractivity contribution in [2.75, 3.05) is 42.3 Å². The molecular weight excluding hydrogens is 410 g/mol. The normalized spacial score (nSPS) is 13.9. The Labute approximate surface area is 186 Å². The van der Waals surface area contributed by atoms with Gasteiger partial charge in [-0.3, -0.25) is 4.79 Å². The molecule has 4 rings (SSSR count). The minimum absolute atomic E-state index is 0.0561. The molecule has 31 heavy (non-hydrogen) atoms. The van der Waals surface area contributed by atoms with E-state index in [2.05, 4.69) is 44.0 Å². The SMILES string of the molecule is CCn1c(Cc2ccccc2)nnc1SCC(=O)Nc1ccc(N2CCOCC2)cc1. The number of hydrogen-bond acceptors (Lipinski definition) is 6. The second-order valence-electron chi connectivity index (χ2n) is 7.29. The van der Waals surface area contributed by atoms with Crippen LogP contribution in [0.3, 0.4) is 0 Å². The number of rotatable bonds is 8. The number of carbonyl (C=O) groups is 1. The van der Waals surface area contributed by atoms with Crippen LogP contribution in [0.5, 0.6) is 0 Å². The zero-order chi connectivity index (χ0) is 21.5. The molecule has 1 aliphatic heterocycles. The third-order valence-corrected chi connectivity index (χ3v) is 6.14. The lowest BCUT2D eigenvalue weighted by Gasteiger charge is -2.28. The highest BCUT2D eigenvalue weighted by atomic mass is 32.2. The number of nitrogens with zero attached hydrogens (tertiary/aromatic N) is 4. The minimum atomic E-state index is -0.0561. The van der Waals surface area contributed by atoms with Crippen LogP contribution in [-0.2, 0) is 22.5 Å². The van der Waals surface area contributed by atoms with Gasteiger partial charge in [0.1, 0.15) is 5.82 Å². The molecule has 1 aromatic heterocycles. The molecule has 1 aliphatic rings. The Kier molecular flexibility index (Phi) is 7.22. The molecule has 3 aromatic rings. The molecule has 0 unspecified atom stereocenters. The van der Waals surface area contributed by atoms with Crippen LogP contribution in [-0.4, -0.2) is 52.7 Å². The number of ether oxygens (including phenoxy) is 1. The molecule has 1 N–H and O–H groups in total. The highest BCUT2D eigenvalue weighted by molar-refractivity contribution is 7.99. The van der Waals surface area contributed by atoms with Crippen LogP contribution in [0.2, 0.25) is 0 Å². The number of thioether (sulfide) groups is 1. The Hall–Kier alpha value is -2.84. The third-order valence-electron chi connectivity index (χ3n) is 5.17. The summed E-state index contributed by atoms with van der Waals surface area (Å²) in [6.45, 7) is 6.13. The lowest BCUT2D eigenvalue weighted by Crippen LogP contribution is -2.36. The summed E-state index contributed by atoms with van der Waals surface area (Å²) in [7, 11) is 0. The van der Waals surface area contributed by atoms with Gasteiger partial charge < -0.3 is 19.5 Å². The maximum Gasteiger partial charge on any atom is 0.234 e. The maximum absolute atomic E-state index is 12.5. The second kappa shape index (κ2) is 10.5. The Morgan fingerprint density at radius 3 is 2.52 bits per heavy atom. The first-order valence-corrected chi connectivity index (χ1v) is 11.5. The van der Waals surface area contributed by atoms with Crippen molar-refractivity contribution >= 4 is 29.0 Å². The van der Waals surface area contributed by atoms with E-state index in [1.807, 2.05) is 42.5 Å². The maximum atomic E-state index is 12.5. The number of anilines is 2. The van der Waals surface area contributed by atoms with E-state index in [4.69, 9.17) is 4.74 Å². The van der Waals surface area contributed by atoms with Gasteiger partial charge in [-0.15, -0.1) is 10.2 Å². The van der Waals surface area contributed by atoms with Gasteiger partial charge in [0.2, 0.25) is 5.91 Å². The van der Waals surface area contributed by atoms with Gasteiger partial charge in [0.05, 0.1) is 19.0 Å². The second-order valence-corrected chi connectivity index (χ2v) is 8.23. The molecule has 0 aliphatic carbocycles. The number of nitrogens with one attached hydrogen (secondary N) is 1. The standard InChI is InChI=1S/C23H27N5O2S/c1-2-28-21(16-18-6-4-3-5-7-18)25-26-23(28)31-17-22(29)24-19-8-10-20(11-9-19)27-12-14-30-15-13-27/h3-11H,2,12-17H2,1H3,(H,24,29). The van der Waals surface area contributed by atoms with Crippen LogP contribution >= 0.6 is 11.8 Å². The molecule has 0 spiro atoms. The Balaban J connectivity index is 1.31. The summed E-state index contributed by atoms with van der Waals surface area (Å²) in [5.41, 5.74) is 3.14. The predicted octanol–water partition coefficient (Wildman–Crippen LogP) is 3.46. The van der Waals surface area contributed by atoms with E-state index in [1.165, 1.54) is 17.3 Å². The highest BCUT2D eigenvalue weighted by Gasteiger charge is 2.14. The van der Waals surface area contributed by atoms with Crippen molar-refractivity contribution in [2.45, 2.75) is 25.0 Å². The van der Waals surface area contributed by atoms with Crippen molar-refractivity contribution in [1.29, 1.82) is 0 Å². The van der Waals surface area contributed by atoms with E-state index in [-0.39, 0.29) is 11.7 Å². The summed E-state index contributed by atoms with van der Waals surface area (Å²) in [6, 6.07) is 18.2. The van der Waals surface area contributed by atoms with Gasteiger partial charge in [-0.05, 0) is 36.8 Å². The Bertz CT molecular complexity index is 985. The van der Waals surface area contributed by atoms with Crippen molar-refractivity contribution in [3.8, 4) is 0 Å². The molecule has 2 aromatic carbocycles. The first-order valence-electron chi connectivity index (χ1n) is 10.5. The summed E-state index contributed by atoms with van der Waals surface area (Å²) in [5, 5.41) is 12.4. The Morgan fingerprint density at radius 1 is 1.06 bits per heavy atom. The molecule has 2 heterocycles. The molecule has 162 valence electrons. The van der Waals surface area contributed by atoms with Crippen LogP contribution in [0, 0.1) is 0 Å². The fourth-order valence-electron chi connectivity index (χ4n) is 3.56. The number of aromatic nitrogens is 3. The van der Waals surface area contributed by atoms with Gasteiger partial charge in [-0.1, -0.05) is 42.1 Å². The summed E-state index contributed by atoms with van der Waals surface area (Å²) < 4.78 is 7.47. The zero-order valence-electron chi connectivity index (χ0n) is 17.7. The van der Waals surface area contributed by atoms with E-state index < -0.39 is 0 Å². The zero-order valence-corrected chi connectivity index (χ0v) is 18.5.